The second-order valence-corrected chi connectivity index (χ2v) is 6.16. The molecule has 0 radical (unpaired) electrons. The topological polar surface area (TPSA) is 67.4 Å². The van der Waals surface area contributed by atoms with Crippen LogP contribution in [0.15, 0.2) is 54.6 Å². The molecule has 5 nitrogen and oxygen atoms in total. The Morgan fingerprint density at radius 1 is 1.00 bits per heavy atom. The highest BCUT2D eigenvalue weighted by atomic mass is 16.5. The summed E-state index contributed by atoms with van der Waals surface area (Å²) >= 11 is 0. The Hall–Kier alpha value is -2.82. The molecule has 1 atom stereocenters. The average molecular weight is 338 g/mol. The van der Waals surface area contributed by atoms with Gasteiger partial charge in [-0.05, 0) is 30.2 Å². The summed E-state index contributed by atoms with van der Waals surface area (Å²) < 4.78 is 5.72. The zero-order valence-corrected chi connectivity index (χ0v) is 14.0. The molecular formula is C20H22N2O3. The summed E-state index contributed by atoms with van der Waals surface area (Å²) in [6.45, 7) is 1.52. The van der Waals surface area contributed by atoms with Crippen LogP contribution in [0.4, 0.5) is 0 Å². The van der Waals surface area contributed by atoms with E-state index >= 15 is 0 Å². The molecule has 2 aromatic carbocycles. The Labute approximate surface area is 147 Å². The molecule has 5 heteroatoms. The van der Waals surface area contributed by atoms with Crippen LogP contribution in [0.2, 0.25) is 0 Å². The lowest BCUT2D eigenvalue weighted by molar-refractivity contribution is -0.121. The number of rotatable bonds is 6. The van der Waals surface area contributed by atoms with Crippen LogP contribution in [0.3, 0.4) is 0 Å². The molecule has 0 fully saturated rings. The van der Waals surface area contributed by atoms with E-state index in [1.54, 1.807) is 12.1 Å². The summed E-state index contributed by atoms with van der Waals surface area (Å²) in [6, 6.07) is 17.0. The molecule has 0 bridgehead atoms. The van der Waals surface area contributed by atoms with Gasteiger partial charge in [-0.3, -0.25) is 9.59 Å². The summed E-state index contributed by atoms with van der Waals surface area (Å²) in [5, 5.41) is 5.68. The van der Waals surface area contributed by atoms with E-state index in [-0.39, 0.29) is 24.2 Å². The van der Waals surface area contributed by atoms with Crippen LogP contribution in [0, 0.1) is 5.92 Å². The number of benzene rings is 2. The largest absolute Gasteiger partial charge is 0.493 e. The third kappa shape index (κ3) is 4.83. The first-order chi connectivity index (χ1) is 12.2. The van der Waals surface area contributed by atoms with Crippen molar-refractivity contribution < 1.29 is 14.3 Å². The number of fused-ring (bicyclic) bond motifs is 1. The number of hydrogen-bond acceptors (Lipinski definition) is 3. The van der Waals surface area contributed by atoms with Crippen molar-refractivity contribution in [2.45, 2.75) is 12.8 Å². The SMILES string of the molecule is O=C(CCNC(=O)c1ccccc1)NC[C@@H]1COc2ccccc2C1. The first-order valence-corrected chi connectivity index (χ1v) is 8.53. The van der Waals surface area contributed by atoms with Gasteiger partial charge >= 0.3 is 0 Å². The number of para-hydroxylation sites is 1. The van der Waals surface area contributed by atoms with Crippen molar-refractivity contribution in [3.63, 3.8) is 0 Å². The second-order valence-electron chi connectivity index (χ2n) is 6.16. The highest BCUT2D eigenvalue weighted by Crippen LogP contribution is 2.26. The lowest BCUT2D eigenvalue weighted by Gasteiger charge is -2.25. The molecule has 25 heavy (non-hydrogen) atoms. The van der Waals surface area contributed by atoms with Gasteiger partial charge in [-0.15, -0.1) is 0 Å². The fraction of sp³-hybridized carbons (Fsp3) is 0.300. The summed E-state index contributed by atoms with van der Waals surface area (Å²) in [5.41, 5.74) is 1.78. The number of ether oxygens (including phenoxy) is 1. The number of carbonyl (C=O) groups excluding carboxylic acids is 2. The van der Waals surface area contributed by atoms with Gasteiger partial charge in [0.25, 0.3) is 5.91 Å². The van der Waals surface area contributed by atoms with Crippen LogP contribution in [0.5, 0.6) is 5.75 Å². The van der Waals surface area contributed by atoms with Gasteiger partial charge in [0.1, 0.15) is 5.75 Å². The standard InChI is InChI=1S/C20H22N2O3/c23-19(10-11-21-20(24)16-6-2-1-3-7-16)22-13-15-12-17-8-4-5-9-18(17)25-14-15/h1-9,15H,10-14H2,(H,21,24)(H,22,23)/t15-/m1/s1. The number of amides is 2. The molecular weight excluding hydrogens is 316 g/mol. The smallest absolute Gasteiger partial charge is 0.251 e. The van der Waals surface area contributed by atoms with E-state index in [1.165, 1.54) is 5.56 Å². The van der Waals surface area contributed by atoms with Gasteiger partial charge in [0, 0.05) is 31.0 Å². The molecule has 3 rings (SSSR count). The highest BCUT2D eigenvalue weighted by molar-refractivity contribution is 5.94. The lowest BCUT2D eigenvalue weighted by atomic mass is 9.97. The average Bonchev–Trinajstić information content (AvgIpc) is 2.67. The van der Waals surface area contributed by atoms with Crippen molar-refractivity contribution in [3.05, 3.63) is 65.7 Å². The van der Waals surface area contributed by atoms with Gasteiger partial charge in [0.2, 0.25) is 5.91 Å². The van der Waals surface area contributed by atoms with Crippen molar-refractivity contribution >= 4 is 11.8 Å². The van der Waals surface area contributed by atoms with Crippen LogP contribution >= 0.6 is 0 Å². The Morgan fingerprint density at radius 3 is 2.60 bits per heavy atom. The minimum absolute atomic E-state index is 0.0628. The van der Waals surface area contributed by atoms with E-state index < -0.39 is 0 Å². The zero-order chi connectivity index (χ0) is 17.5. The van der Waals surface area contributed by atoms with E-state index in [0.29, 0.717) is 25.3 Å². The fourth-order valence-electron chi connectivity index (χ4n) is 2.85. The maximum Gasteiger partial charge on any atom is 0.251 e. The summed E-state index contributed by atoms with van der Waals surface area (Å²) in [7, 11) is 0. The molecule has 0 unspecified atom stereocenters. The summed E-state index contributed by atoms with van der Waals surface area (Å²) in [5.74, 6) is 0.990. The maximum absolute atomic E-state index is 11.9. The van der Waals surface area contributed by atoms with Crippen molar-refractivity contribution in [2.24, 2.45) is 5.92 Å². The third-order valence-corrected chi connectivity index (χ3v) is 4.22. The molecule has 2 amide bonds. The Bertz CT molecular complexity index is 731. The molecule has 0 spiro atoms. The maximum atomic E-state index is 11.9. The lowest BCUT2D eigenvalue weighted by Crippen LogP contribution is -2.36. The predicted molar refractivity (Wildman–Crippen MR) is 95.5 cm³/mol. The highest BCUT2D eigenvalue weighted by Gasteiger charge is 2.19. The Morgan fingerprint density at radius 2 is 1.76 bits per heavy atom. The number of nitrogens with one attached hydrogen (secondary N) is 2. The normalized spacial score (nSPS) is 15.6. The van der Waals surface area contributed by atoms with E-state index in [9.17, 15) is 9.59 Å². The second kappa shape index (κ2) is 8.33. The zero-order valence-electron chi connectivity index (χ0n) is 14.0. The van der Waals surface area contributed by atoms with Crippen molar-refractivity contribution in [3.8, 4) is 5.75 Å². The molecule has 0 aromatic heterocycles. The van der Waals surface area contributed by atoms with Gasteiger partial charge in [0.15, 0.2) is 0 Å². The third-order valence-electron chi connectivity index (χ3n) is 4.22. The summed E-state index contributed by atoms with van der Waals surface area (Å²) in [6.07, 6.45) is 1.17. The minimum atomic E-state index is -0.161. The van der Waals surface area contributed by atoms with Gasteiger partial charge in [-0.1, -0.05) is 36.4 Å². The molecule has 130 valence electrons. The number of carbonyl (C=O) groups is 2. The Balaban J connectivity index is 1.36. The molecule has 0 aliphatic carbocycles. The minimum Gasteiger partial charge on any atom is -0.493 e. The van der Waals surface area contributed by atoms with Crippen molar-refractivity contribution in [1.82, 2.24) is 10.6 Å². The molecule has 1 heterocycles. The summed E-state index contributed by atoms with van der Waals surface area (Å²) in [4.78, 5) is 23.8. The van der Waals surface area contributed by atoms with Crippen LogP contribution in [-0.2, 0) is 11.2 Å². The monoisotopic (exact) mass is 338 g/mol. The molecule has 0 saturated carbocycles. The van der Waals surface area contributed by atoms with E-state index in [0.717, 1.165) is 12.2 Å². The van der Waals surface area contributed by atoms with Gasteiger partial charge < -0.3 is 15.4 Å². The molecule has 2 aromatic rings. The number of hydrogen-bond donors (Lipinski definition) is 2. The first kappa shape index (κ1) is 17.0. The Kier molecular flexibility index (Phi) is 5.67. The molecule has 0 saturated heterocycles. The fourth-order valence-corrected chi connectivity index (χ4v) is 2.85. The van der Waals surface area contributed by atoms with Crippen LogP contribution in [-0.4, -0.2) is 31.5 Å². The predicted octanol–water partition coefficient (Wildman–Crippen LogP) is 2.17. The first-order valence-electron chi connectivity index (χ1n) is 8.53. The van der Waals surface area contributed by atoms with Crippen LogP contribution in [0.25, 0.3) is 0 Å². The van der Waals surface area contributed by atoms with Gasteiger partial charge in [0.05, 0.1) is 6.61 Å². The van der Waals surface area contributed by atoms with Crippen LogP contribution in [0.1, 0.15) is 22.3 Å². The quantitative estimate of drug-likeness (QED) is 0.848. The van der Waals surface area contributed by atoms with Gasteiger partial charge in [-0.25, -0.2) is 0 Å². The molecule has 1 aliphatic rings. The van der Waals surface area contributed by atoms with Gasteiger partial charge in [-0.2, -0.15) is 0 Å². The van der Waals surface area contributed by atoms with Crippen molar-refractivity contribution in [1.29, 1.82) is 0 Å². The van der Waals surface area contributed by atoms with E-state index in [1.807, 2.05) is 36.4 Å². The van der Waals surface area contributed by atoms with Crippen LogP contribution < -0.4 is 15.4 Å². The van der Waals surface area contributed by atoms with E-state index in [2.05, 4.69) is 16.7 Å². The molecule has 2 N–H and O–H groups in total. The van der Waals surface area contributed by atoms with E-state index in [4.69, 9.17) is 4.74 Å². The van der Waals surface area contributed by atoms with Crippen molar-refractivity contribution in [2.75, 3.05) is 19.7 Å². The molecule has 1 aliphatic heterocycles.